The standard InChI is InChI=1S/C23H24FN3O2/c1-4-19-14-21(28)27(23(25-19)17-9-7-10-18(24)13-17)15-22(29)26(5-2)20-11-6-8-16(3)12-20/h6-14H,4-5,15H2,1-3H3. The van der Waals surface area contributed by atoms with E-state index in [0.29, 0.717) is 30.0 Å². The molecule has 0 aliphatic carbocycles. The number of nitrogens with zero attached hydrogens (tertiary/aromatic N) is 3. The van der Waals surface area contributed by atoms with E-state index in [2.05, 4.69) is 4.98 Å². The number of halogens is 1. The molecule has 0 radical (unpaired) electrons. The summed E-state index contributed by atoms with van der Waals surface area (Å²) in [6, 6.07) is 15.0. The Labute approximate surface area is 169 Å². The van der Waals surface area contributed by atoms with Crippen molar-refractivity contribution >= 4 is 11.6 Å². The average Bonchev–Trinajstić information content (AvgIpc) is 2.70. The minimum absolute atomic E-state index is 0.177. The topological polar surface area (TPSA) is 55.2 Å². The minimum atomic E-state index is -0.425. The third-order valence-electron chi connectivity index (χ3n) is 4.73. The van der Waals surface area contributed by atoms with Crippen LogP contribution in [-0.2, 0) is 17.8 Å². The molecule has 0 spiro atoms. The van der Waals surface area contributed by atoms with Gasteiger partial charge < -0.3 is 4.90 Å². The first kappa shape index (κ1) is 20.5. The first-order valence-corrected chi connectivity index (χ1v) is 9.66. The highest BCUT2D eigenvalue weighted by Crippen LogP contribution is 2.20. The molecule has 0 aliphatic heterocycles. The molecule has 0 fully saturated rings. The molecule has 1 heterocycles. The van der Waals surface area contributed by atoms with Crippen LogP contribution in [0.3, 0.4) is 0 Å². The number of hydrogen-bond donors (Lipinski definition) is 0. The molecule has 3 rings (SSSR count). The summed E-state index contributed by atoms with van der Waals surface area (Å²) in [5.74, 6) is -0.363. The van der Waals surface area contributed by atoms with Crippen LogP contribution in [0.2, 0.25) is 0 Å². The van der Waals surface area contributed by atoms with Crippen LogP contribution in [0, 0.1) is 12.7 Å². The molecule has 1 amide bonds. The largest absolute Gasteiger partial charge is 0.311 e. The first-order chi connectivity index (χ1) is 13.9. The molecule has 0 saturated carbocycles. The lowest BCUT2D eigenvalue weighted by Gasteiger charge is -2.23. The Morgan fingerprint density at radius 3 is 2.52 bits per heavy atom. The smallest absolute Gasteiger partial charge is 0.254 e. The predicted molar refractivity (Wildman–Crippen MR) is 112 cm³/mol. The molecular weight excluding hydrogens is 369 g/mol. The number of benzene rings is 2. The summed E-state index contributed by atoms with van der Waals surface area (Å²) in [5, 5.41) is 0. The van der Waals surface area contributed by atoms with Gasteiger partial charge in [0, 0.05) is 29.6 Å². The molecule has 29 heavy (non-hydrogen) atoms. The zero-order valence-corrected chi connectivity index (χ0v) is 16.9. The Balaban J connectivity index is 2.04. The monoisotopic (exact) mass is 393 g/mol. The van der Waals surface area contributed by atoms with E-state index in [0.717, 1.165) is 11.3 Å². The van der Waals surface area contributed by atoms with E-state index >= 15 is 0 Å². The maximum Gasteiger partial charge on any atom is 0.254 e. The van der Waals surface area contributed by atoms with E-state index in [9.17, 15) is 14.0 Å². The van der Waals surface area contributed by atoms with Crippen LogP contribution < -0.4 is 10.5 Å². The van der Waals surface area contributed by atoms with Gasteiger partial charge in [0.1, 0.15) is 18.2 Å². The van der Waals surface area contributed by atoms with Gasteiger partial charge in [-0.3, -0.25) is 14.2 Å². The van der Waals surface area contributed by atoms with E-state index in [4.69, 9.17) is 0 Å². The predicted octanol–water partition coefficient (Wildman–Crippen LogP) is 3.97. The van der Waals surface area contributed by atoms with Gasteiger partial charge in [0.15, 0.2) is 0 Å². The van der Waals surface area contributed by atoms with E-state index < -0.39 is 5.82 Å². The van der Waals surface area contributed by atoms with Gasteiger partial charge in [-0.05, 0) is 50.1 Å². The van der Waals surface area contributed by atoms with Gasteiger partial charge in [0.05, 0.1) is 0 Å². The van der Waals surface area contributed by atoms with Crippen molar-refractivity contribution in [3.8, 4) is 11.4 Å². The third-order valence-corrected chi connectivity index (χ3v) is 4.73. The summed E-state index contributed by atoms with van der Waals surface area (Å²) >= 11 is 0. The second-order valence-electron chi connectivity index (χ2n) is 6.84. The van der Waals surface area contributed by atoms with Crippen molar-refractivity contribution in [1.82, 2.24) is 9.55 Å². The molecule has 0 N–H and O–H groups in total. The minimum Gasteiger partial charge on any atom is -0.311 e. The molecule has 3 aromatic rings. The number of anilines is 1. The normalized spacial score (nSPS) is 10.8. The number of aromatic nitrogens is 2. The number of rotatable bonds is 6. The number of carbonyl (C=O) groups is 1. The zero-order valence-electron chi connectivity index (χ0n) is 16.9. The molecule has 5 nitrogen and oxygen atoms in total. The Bertz CT molecular complexity index is 1090. The average molecular weight is 393 g/mol. The third kappa shape index (κ3) is 4.59. The molecule has 0 unspecified atom stereocenters. The molecule has 2 aromatic carbocycles. The van der Waals surface area contributed by atoms with Crippen LogP contribution in [-0.4, -0.2) is 22.0 Å². The summed E-state index contributed by atoms with van der Waals surface area (Å²) in [4.78, 5) is 32.0. The molecule has 6 heteroatoms. The SMILES string of the molecule is CCc1cc(=O)n(CC(=O)N(CC)c2cccc(C)c2)c(-c2cccc(F)c2)n1. The lowest BCUT2D eigenvalue weighted by molar-refractivity contribution is -0.119. The van der Waals surface area contributed by atoms with Crippen LogP contribution >= 0.6 is 0 Å². The first-order valence-electron chi connectivity index (χ1n) is 9.66. The highest BCUT2D eigenvalue weighted by atomic mass is 19.1. The highest BCUT2D eigenvalue weighted by molar-refractivity contribution is 5.93. The van der Waals surface area contributed by atoms with Gasteiger partial charge in [-0.25, -0.2) is 9.37 Å². The van der Waals surface area contributed by atoms with Crippen molar-refractivity contribution in [2.45, 2.75) is 33.7 Å². The molecule has 150 valence electrons. The van der Waals surface area contributed by atoms with Crippen LogP contribution in [0.15, 0.2) is 59.4 Å². The number of likely N-dealkylation sites (N-methyl/N-ethyl adjacent to an activating group) is 1. The van der Waals surface area contributed by atoms with Gasteiger partial charge in [-0.15, -0.1) is 0 Å². The van der Waals surface area contributed by atoms with E-state index in [-0.39, 0.29) is 18.0 Å². The number of amides is 1. The van der Waals surface area contributed by atoms with Crippen molar-refractivity contribution in [3.05, 3.63) is 82.0 Å². The fourth-order valence-electron chi connectivity index (χ4n) is 3.25. The van der Waals surface area contributed by atoms with Gasteiger partial charge in [0.2, 0.25) is 5.91 Å². The maximum atomic E-state index is 13.8. The van der Waals surface area contributed by atoms with Crippen LogP contribution in [0.25, 0.3) is 11.4 Å². The zero-order chi connectivity index (χ0) is 21.0. The Morgan fingerprint density at radius 1 is 1.10 bits per heavy atom. The summed E-state index contributed by atoms with van der Waals surface area (Å²) in [6.07, 6.45) is 0.566. The molecular formula is C23H24FN3O2. The van der Waals surface area contributed by atoms with Crippen LogP contribution in [0.4, 0.5) is 10.1 Å². The van der Waals surface area contributed by atoms with E-state index in [1.54, 1.807) is 17.0 Å². The van der Waals surface area contributed by atoms with Crippen molar-refractivity contribution in [2.75, 3.05) is 11.4 Å². The Kier molecular flexibility index (Phi) is 6.22. The number of hydrogen-bond acceptors (Lipinski definition) is 3. The van der Waals surface area contributed by atoms with Crippen LogP contribution in [0.1, 0.15) is 25.1 Å². The number of aryl methyl sites for hydroxylation is 2. The number of carbonyl (C=O) groups excluding carboxylic acids is 1. The fraction of sp³-hybridized carbons (Fsp3) is 0.261. The Morgan fingerprint density at radius 2 is 1.86 bits per heavy atom. The fourth-order valence-corrected chi connectivity index (χ4v) is 3.25. The summed E-state index contributed by atoms with van der Waals surface area (Å²) in [7, 11) is 0. The van der Waals surface area contributed by atoms with E-state index in [1.807, 2.05) is 45.0 Å². The van der Waals surface area contributed by atoms with Crippen molar-refractivity contribution in [2.24, 2.45) is 0 Å². The highest BCUT2D eigenvalue weighted by Gasteiger charge is 2.19. The lowest BCUT2D eigenvalue weighted by Crippen LogP contribution is -2.37. The van der Waals surface area contributed by atoms with Crippen molar-refractivity contribution < 1.29 is 9.18 Å². The summed E-state index contributed by atoms with van der Waals surface area (Å²) < 4.78 is 15.1. The second-order valence-corrected chi connectivity index (χ2v) is 6.84. The van der Waals surface area contributed by atoms with Crippen LogP contribution in [0.5, 0.6) is 0 Å². The van der Waals surface area contributed by atoms with Gasteiger partial charge in [-0.1, -0.05) is 31.2 Å². The molecule has 0 bridgehead atoms. The van der Waals surface area contributed by atoms with Gasteiger partial charge in [0.25, 0.3) is 5.56 Å². The molecule has 0 saturated heterocycles. The Hall–Kier alpha value is -3.28. The summed E-state index contributed by atoms with van der Waals surface area (Å²) in [5.41, 5.74) is 2.55. The summed E-state index contributed by atoms with van der Waals surface area (Å²) in [6.45, 7) is 6.02. The van der Waals surface area contributed by atoms with Gasteiger partial charge in [-0.2, -0.15) is 0 Å². The quantitative estimate of drug-likeness (QED) is 0.637. The van der Waals surface area contributed by atoms with Gasteiger partial charge >= 0.3 is 0 Å². The maximum absolute atomic E-state index is 13.8. The molecule has 1 aromatic heterocycles. The lowest BCUT2D eigenvalue weighted by atomic mass is 10.2. The molecule has 0 atom stereocenters. The van der Waals surface area contributed by atoms with E-state index in [1.165, 1.54) is 22.8 Å². The van der Waals surface area contributed by atoms with Crippen molar-refractivity contribution in [3.63, 3.8) is 0 Å². The van der Waals surface area contributed by atoms with Crippen molar-refractivity contribution in [1.29, 1.82) is 0 Å². The molecule has 0 aliphatic rings. The second kappa shape index (κ2) is 8.82.